The van der Waals surface area contributed by atoms with Gasteiger partial charge in [-0.25, -0.2) is 13.2 Å². The lowest BCUT2D eigenvalue weighted by Gasteiger charge is -2.33. The van der Waals surface area contributed by atoms with Gasteiger partial charge in [-0.1, -0.05) is 0 Å². The van der Waals surface area contributed by atoms with Crippen molar-refractivity contribution >= 4 is 39.7 Å². The molecule has 2 rings (SSSR count). The Balaban J connectivity index is 0.00000242. The number of carbonyl (C=O) groups excluding carboxylic acids is 1. The van der Waals surface area contributed by atoms with Gasteiger partial charge < -0.3 is 9.84 Å². The summed E-state index contributed by atoms with van der Waals surface area (Å²) in [5.74, 6) is -0.637. The monoisotopic (exact) mass is 370 g/mol. The molecule has 10 heteroatoms. The fourth-order valence-electron chi connectivity index (χ4n) is 2.22. The van der Waals surface area contributed by atoms with E-state index in [0.29, 0.717) is 32.7 Å². The van der Waals surface area contributed by atoms with Crippen molar-refractivity contribution in [2.24, 2.45) is 0 Å². The average molecular weight is 371 g/mol. The molecule has 1 aliphatic rings. The second-order valence-electron chi connectivity index (χ2n) is 4.57. The van der Waals surface area contributed by atoms with Crippen molar-refractivity contribution in [2.75, 3.05) is 46.4 Å². The second kappa shape index (κ2) is 8.23. The van der Waals surface area contributed by atoms with E-state index in [1.807, 2.05) is 4.90 Å². The number of nitrogens with zero attached hydrogens (tertiary/aromatic N) is 2. The number of hydrogen-bond donors (Lipinski definition) is 1. The van der Waals surface area contributed by atoms with Crippen LogP contribution < -0.4 is 0 Å². The van der Waals surface area contributed by atoms with E-state index in [0.717, 1.165) is 11.3 Å². The number of rotatable bonds is 5. The molecule has 0 radical (unpaired) electrons. The zero-order chi connectivity index (χ0) is 15.5. The molecule has 0 aliphatic carbocycles. The topological polar surface area (TPSA) is 87.2 Å². The van der Waals surface area contributed by atoms with Gasteiger partial charge in [0, 0.05) is 32.7 Å². The Morgan fingerprint density at radius 1 is 1.36 bits per heavy atom. The summed E-state index contributed by atoms with van der Waals surface area (Å²) >= 11 is 1.06. The highest BCUT2D eigenvalue weighted by Crippen LogP contribution is 2.26. The highest BCUT2D eigenvalue weighted by atomic mass is 35.5. The van der Waals surface area contributed by atoms with E-state index >= 15 is 0 Å². The number of halogens is 1. The van der Waals surface area contributed by atoms with E-state index in [9.17, 15) is 13.2 Å². The van der Waals surface area contributed by atoms with Crippen LogP contribution in [0.5, 0.6) is 0 Å². The number of methoxy groups -OCH3 is 1. The van der Waals surface area contributed by atoms with Crippen molar-refractivity contribution in [3.05, 3.63) is 16.3 Å². The van der Waals surface area contributed by atoms with Crippen molar-refractivity contribution in [2.45, 2.75) is 4.90 Å². The van der Waals surface area contributed by atoms with Crippen LogP contribution in [0, 0.1) is 0 Å². The van der Waals surface area contributed by atoms with E-state index in [2.05, 4.69) is 4.74 Å². The maximum absolute atomic E-state index is 12.6. The van der Waals surface area contributed by atoms with Gasteiger partial charge in [-0.15, -0.1) is 23.7 Å². The predicted molar refractivity (Wildman–Crippen MR) is 85.2 cm³/mol. The number of piperazine rings is 1. The van der Waals surface area contributed by atoms with E-state index < -0.39 is 16.0 Å². The van der Waals surface area contributed by atoms with Crippen LogP contribution in [0.4, 0.5) is 0 Å². The van der Waals surface area contributed by atoms with Gasteiger partial charge in [0.2, 0.25) is 10.0 Å². The first kappa shape index (κ1) is 19.3. The van der Waals surface area contributed by atoms with E-state index in [1.54, 1.807) is 5.38 Å². The number of sulfonamides is 1. The molecule has 1 N–H and O–H groups in total. The number of hydrogen-bond acceptors (Lipinski definition) is 7. The summed E-state index contributed by atoms with van der Waals surface area (Å²) in [7, 11) is -2.46. The molecule has 0 aromatic carbocycles. The van der Waals surface area contributed by atoms with Gasteiger partial charge in [0.1, 0.15) is 9.77 Å². The third kappa shape index (κ3) is 3.98. The lowest BCUT2D eigenvalue weighted by atomic mass is 10.4. The average Bonchev–Trinajstić information content (AvgIpc) is 2.97. The molecular weight excluding hydrogens is 352 g/mol. The Labute approximate surface area is 139 Å². The van der Waals surface area contributed by atoms with E-state index in [4.69, 9.17) is 5.11 Å². The number of thiophene rings is 1. The van der Waals surface area contributed by atoms with Crippen LogP contribution in [0.1, 0.15) is 9.67 Å². The highest BCUT2D eigenvalue weighted by molar-refractivity contribution is 7.89. The minimum atomic E-state index is -3.69. The third-order valence-corrected chi connectivity index (χ3v) is 6.33. The summed E-state index contributed by atoms with van der Waals surface area (Å²) in [4.78, 5) is 13.7. The van der Waals surface area contributed by atoms with Crippen LogP contribution >= 0.6 is 23.7 Å². The Morgan fingerprint density at radius 3 is 2.55 bits per heavy atom. The SMILES string of the molecule is COC(=O)c1sccc1S(=O)(=O)N1CCN(CCO)CC1.Cl. The largest absolute Gasteiger partial charge is 0.465 e. The van der Waals surface area contributed by atoms with Crippen LogP contribution in [-0.4, -0.2) is 75.1 Å². The summed E-state index contributed by atoms with van der Waals surface area (Å²) < 4.78 is 31.2. The second-order valence-corrected chi connectivity index (χ2v) is 7.40. The number of aliphatic hydroxyl groups excluding tert-OH is 1. The molecule has 1 aromatic heterocycles. The zero-order valence-corrected chi connectivity index (χ0v) is 14.5. The van der Waals surface area contributed by atoms with Gasteiger partial charge in [-0.2, -0.15) is 4.31 Å². The van der Waals surface area contributed by atoms with Crippen LogP contribution in [0.2, 0.25) is 0 Å². The molecule has 2 heterocycles. The first-order chi connectivity index (χ1) is 10.0. The van der Waals surface area contributed by atoms with Crippen molar-refractivity contribution in [1.82, 2.24) is 9.21 Å². The van der Waals surface area contributed by atoms with Gasteiger partial charge in [0.15, 0.2) is 0 Å². The quantitative estimate of drug-likeness (QED) is 0.748. The molecule has 126 valence electrons. The Morgan fingerprint density at radius 2 is 2.00 bits per heavy atom. The van der Waals surface area contributed by atoms with E-state index in [1.165, 1.54) is 17.5 Å². The van der Waals surface area contributed by atoms with Gasteiger partial charge in [0.05, 0.1) is 13.7 Å². The Kier molecular flexibility index (Phi) is 7.23. The van der Waals surface area contributed by atoms with Crippen molar-refractivity contribution in [3.8, 4) is 0 Å². The lowest BCUT2D eigenvalue weighted by Crippen LogP contribution is -2.49. The fraction of sp³-hybridized carbons (Fsp3) is 0.583. The Hall–Kier alpha value is -0.710. The summed E-state index contributed by atoms with van der Waals surface area (Å²) in [6.07, 6.45) is 0. The molecule has 1 fully saturated rings. The van der Waals surface area contributed by atoms with Crippen molar-refractivity contribution < 1.29 is 23.1 Å². The highest BCUT2D eigenvalue weighted by Gasteiger charge is 2.32. The van der Waals surface area contributed by atoms with Crippen molar-refractivity contribution in [3.63, 3.8) is 0 Å². The molecule has 7 nitrogen and oxygen atoms in total. The summed E-state index contributed by atoms with van der Waals surface area (Å²) in [5, 5.41) is 10.5. The molecular formula is C12H19ClN2O5S2. The number of ether oxygens (including phenoxy) is 1. The van der Waals surface area contributed by atoms with Crippen LogP contribution in [0.25, 0.3) is 0 Å². The molecule has 22 heavy (non-hydrogen) atoms. The zero-order valence-electron chi connectivity index (χ0n) is 12.1. The molecule has 0 amide bonds. The minimum absolute atomic E-state index is 0. The number of β-amino-alcohol motifs (C(OH)–C–C–N with tert-alkyl or cyclic N) is 1. The van der Waals surface area contributed by atoms with Crippen molar-refractivity contribution in [1.29, 1.82) is 0 Å². The number of aliphatic hydroxyl groups is 1. The van der Waals surface area contributed by atoms with E-state index in [-0.39, 0.29) is 28.8 Å². The van der Waals surface area contributed by atoms with Crippen LogP contribution in [-0.2, 0) is 14.8 Å². The fourth-order valence-corrected chi connectivity index (χ4v) is 4.95. The number of carbonyl (C=O) groups is 1. The summed E-state index contributed by atoms with van der Waals surface area (Å²) in [5.41, 5.74) is 0. The number of esters is 1. The smallest absolute Gasteiger partial charge is 0.349 e. The molecule has 0 spiro atoms. The van der Waals surface area contributed by atoms with Crippen LogP contribution in [0.15, 0.2) is 16.3 Å². The predicted octanol–water partition coefficient (Wildman–Crippen LogP) is 0.255. The summed E-state index contributed by atoms with van der Waals surface area (Å²) in [6.45, 7) is 2.43. The lowest BCUT2D eigenvalue weighted by molar-refractivity contribution is 0.0602. The van der Waals surface area contributed by atoms with Gasteiger partial charge >= 0.3 is 5.97 Å². The van der Waals surface area contributed by atoms with Gasteiger partial charge in [0.25, 0.3) is 0 Å². The van der Waals surface area contributed by atoms with Gasteiger partial charge in [-0.3, -0.25) is 4.90 Å². The maximum atomic E-state index is 12.6. The first-order valence-electron chi connectivity index (χ1n) is 6.50. The Bertz CT molecular complexity index is 596. The normalized spacial score (nSPS) is 17.0. The third-order valence-electron chi connectivity index (χ3n) is 3.37. The van der Waals surface area contributed by atoms with Gasteiger partial charge in [-0.05, 0) is 11.4 Å². The molecule has 0 unspecified atom stereocenters. The molecule has 0 bridgehead atoms. The first-order valence-corrected chi connectivity index (χ1v) is 8.82. The molecule has 1 aromatic rings. The summed E-state index contributed by atoms with van der Waals surface area (Å²) in [6, 6.07) is 1.44. The molecule has 1 saturated heterocycles. The maximum Gasteiger partial charge on any atom is 0.349 e. The molecule has 1 aliphatic heterocycles. The minimum Gasteiger partial charge on any atom is -0.465 e. The molecule has 0 atom stereocenters. The standard InChI is InChI=1S/C12H18N2O5S2.ClH/c1-19-12(16)11-10(2-9-20-11)21(17,18)14-5-3-13(4-6-14)7-8-15;/h2,9,15H,3-8H2,1H3;1H. The van der Waals surface area contributed by atoms with Crippen LogP contribution in [0.3, 0.4) is 0 Å². The molecule has 0 saturated carbocycles.